The van der Waals surface area contributed by atoms with Crippen LogP contribution in [0.15, 0.2) is 64.4 Å². The second-order valence-corrected chi connectivity index (χ2v) is 8.45. The molecule has 3 unspecified atom stereocenters. The van der Waals surface area contributed by atoms with Gasteiger partial charge in [0.2, 0.25) is 10.0 Å². The predicted octanol–water partition coefficient (Wildman–Crippen LogP) is 2.13. The van der Waals surface area contributed by atoms with Crippen molar-refractivity contribution in [1.29, 1.82) is 0 Å². The monoisotopic (exact) mass is 321 g/mol. The fraction of sp³-hybridized carbons (Fsp3) is 0.200. The van der Waals surface area contributed by atoms with E-state index in [0.717, 1.165) is 5.56 Å². The van der Waals surface area contributed by atoms with E-state index in [4.69, 9.17) is 0 Å². The Kier molecular flexibility index (Phi) is 3.69. The summed E-state index contributed by atoms with van der Waals surface area (Å²) in [6, 6.07) is 15.7. The Balaban J connectivity index is 1.81. The first-order chi connectivity index (χ1) is 10.00. The molecule has 21 heavy (non-hydrogen) atoms. The molecule has 0 N–H and O–H groups in total. The van der Waals surface area contributed by atoms with Gasteiger partial charge < -0.3 is 0 Å². The van der Waals surface area contributed by atoms with Crippen molar-refractivity contribution in [2.75, 3.05) is 6.54 Å². The number of sulfonamides is 1. The number of nitrogens with zero attached hydrogens (tertiary/aromatic N) is 1. The summed E-state index contributed by atoms with van der Waals surface area (Å²) in [4.78, 5) is 0.907. The lowest BCUT2D eigenvalue weighted by Gasteiger charge is -2.06. The molecule has 1 aliphatic rings. The van der Waals surface area contributed by atoms with E-state index in [9.17, 15) is 12.6 Å². The van der Waals surface area contributed by atoms with Crippen molar-refractivity contribution in [1.82, 2.24) is 4.31 Å². The van der Waals surface area contributed by atoms with Crippen LogP contribution in [-0.4, -0.2) is 28.9 Å². The second-order valence-electron chi connectivity index (χ2n) is 4.95. The molecule has 4 nitrogen and oxygen atoms in total. The summed E-state index contributed by atoms with van der Waals surface area (Å²) < 4.78 is 38.5. The molecule has 1 saturated heterocycles. The van der Waals surface area contributed by atoms with Crippen LogP contribution in [0.1, 0.15) is 5.56 Å². The highest BCUT2D eigenvalue weighted by atomic mass is 32.2. The smallest absolute Gasteiger partial charge is 0.244 e. The molecule has 0 bridgehead atoms. The Bertz CT molecular complexity index is 770. The molecule has 110 valence electrons. The van der Waals surface area contributed by atoms with Crippen LogP contribution in [0, 0.1) is 6.92 Å². The summed E-state index contributed by atoms with van der Waals surface area (Å²) in [5.74, 6) is 0. The zero-order valence-electron chi connectivity index (χ0n) is 11.5. The van der Waals surface area contributed by atoms with Gasteiger partial charge in [0.15, 0.2) is 0 Å². The average molecular weight is 321 g/mol. The van der Waals surface area contributed by atoms with E-state index in [2.05, 4.69) is 0 Å². The fourth-order valence-corrected chi connectivity index (χ4v) is 5.41. The Hall–Kier alpha value is -1.50. The van der Waals surface area contributed by atoms with Crippen LogP contribution in [0.2, 0.25) is 0 Å². The van der Waals surface area contributed by atoms with Crippen LogP contribution in [0.5, 0.6) is 0 Å². The molecule has 0 saturated carbocycles. The predicted molar refractivity (Wildman–Crippen MR) is 81.7 cm³/mol. The molecule has 1 heterocycles. The molecule has 0 aliphatic carbocycles. The molecule has 0 amide bonds. The number of aryl methyl sites for hydroxylation is 1. The summed E-state index contributed by atoms with van der Waals surface area (Å²) in [5.41, 5.74) is 1.00. The third kappa shape index (κ3) is 2.79. The molecular formula is C15H15NO3S2. The van der Waals surface area contributed by atoms with Crippen LogP contribution in [-0.2, 0) is 20.8 Å². The highest BCUT2D eigenvalue weighted by Crippen LogP contribution is 2.32. The quantitative estimate of drug-likeness (QED) is 0.811. The van der Waals surface area contributed by atoms with Crippen molar-refractivity contribution in [2.24, 2.45) is 0 Å². The Morgan fingerprint density at radius 2 is 1.67 bits per heavy atom. The van der Waals surface area contributed by atoms with Crippen molar-refractivity contribution in [3.8, 4) is 0 Å². The summed E-state index contributed by atoms with van der Waals surface area (Å²) >= 11 is 0. The zero-order valence-corrected chi connectivity index (χ0v) is 13.1. The van der Waals surface area contributed by atoms with Crippen molar-refractivity contribution < 1.29 is 12.6 Å². The van der Waals surface area contributed by atoms with E-state index in [0.29, 0.717) is 11.4 Å². The fourth-order valence-electron chi connectivity index (χ4n) is 2.09. The normalized spacial score (nSPS) is 22.7. The zero-order chi connectivity index (χ0) is 15.0. The molecule has 1 fully saturated rings. The van der Waals surface area contributed by atoms with Crippen molar-refractivity contribution in [3.63, 3.8) is 0 Å². The number of rotatable bonds is 4. The average Bonchev–Trinajstić information content (AvgIpc) is 3.29. The van der Waals surface area contributed by atoms with Gasteiger partial charge in [-0.05, 0) is 31.2 Å². The minimum absolute atomic E-state index is 0.251. The first-order valence-electron chi connectivity index (χ1n) is 6.54. The van der Waals surface area contributed by atoms with Gasteiger partial charge in [0, 0.05) is 11.4 Å². The first-order valence-corrected chi connectivity index (χ1v) is 9.19. The Labute approximate surface area is 126 Å². The second kappa shape index (κ2) is 5.36. The molecule has 1 aliphatic heterocycles. The molecule has 0 spiro atoms. The van der Waals surface area contributed by atoms with Gasteiger partial charge in [-0.1, -0.05) is 35.9 Å². The lowest BCUT2D eigenvalue weighted by atomic mass is 10.2. The maximum absolute atomic E-state index is 12.4. The topological polar surface area (TPSA) is 54.2 Å². The lowest BCUT2D eigenvalue weighted by Crippen LogP contribution is -2.17. The van der Waals surface area contributed by atoms with Gasteiger partial charge >= 0.3 is 0 Å². The number of benzene rings is 2. The van der Waals surface area contributed by atoms with Gasteiger partial charge in [-0.2, -0.15) is 4.31 Å². The lowest BCUT2D eigenvalue weighted by molar-refractivity contribution is 0.560. The Morgan fingerprint density at radius 3 is 2.29 bits per heavy atom. The summed E-state index contributed by atoms with van der Waals surface area (Å²) in [6.45, 7) is 2.21. The van der Waals surface area contributed by atoms with Crippen LogP contribution >= 0.6 is 0 Å². The minimum Gasteiger partial charge on any atom is -0.253 e. The molecule has 2 aromatic rings. The van der Waals surface area contributed by atoms with E-state index >= 15 is 0 Å². The van der Waals surface area contributed by atoms with Gasteiger partial charge in [0.25, 0.3) is 0 Å². The SMILES string of the molecule is Cc1ccc(S(=O)(=O)N2CC2S(=O)c2ccccc2)cc1. The third-order valence-corrected chi connectivity index (χ3v) is 7.03. The van der Waals surface area contributed by atoms with Gasteiger partial charge in [0.05, 0.1) is 15.7 Å². The number of hydrogen-bond acceptors (Lipinski definition) is 3. The van der Waals surface area contributed by atoms with E-state index < -0.39 is 26.2 Å². The maximum atomic E-state index is 12.4. The standard InChI is InChI=1S/C15H15NO3S2/c1-12-7-9-14(10-8-12)21(18,19)16-11-15(16)20(17)13-5-3-2-4-6-13/h2-10,15H,11H2,1H3. The van der Waals surface area contributed by atoms with Crippen LogP contribution in [0.3, 0.4) is 0 Å². The van der Waals surface area contributed by atoms with E-state index in [1.54, 1.807) is 48.5 Å². The van der Waals surface area contributed by atoms with Crippen LogP contribution in [0.4, 0.5) is 0 Å². The van der Waals surface area contributed by atoms with Crippen LogP contribution < -0.4 is 0 Å². The highest BCUT2D eigenvalue weighted by Gasteiger charge is 2.48. The van der Waals surface area contributed by atoms with Crippen LogP contribution in [0.25, 0.3) is 0 Å². The van der Waals surface area contributed by atoms with Crippen molar-refractivity contribution in [2.45, 2.75) is 22.1 Å². The molecule has 2 aromatic carbocycles. The summed E-state index contributed by atoms with van der Waals surface area (Å²) in [6.07, 6.45) is 0. The molecule has 6 heteroatoms. The van der Waals surface area contributed by atoms with Gasteiger partial charge in [-0.3, -0.25) is 4.21 Å². The molecular weight excluding hydrogens is 306 g/mol. The molecule has 3 rings (SSSR count). The maximum Gasteiger partial charge on any atom is 0.244 e. The highest BCUT2D eigenvalue weighted by molar-refractivity contribution is 7.92. The van der Waals surface area contributed by atoms with Gasteiger partial charge in [-0.25, -0.2) is 8.42 Å². The van der Waals surface area contributed by atoms with Gasteiger partial charge in [0.1, 0.15) is 5.37 Å². The van der Waals surface area contributed by atoms with E-state index in [1.807, 2.05) is 13.0 Å². The molecule has 3 atom stereocenters. The van der Waals surface area contributed by atoms with E-state index in [1.165, 1.54) is 4.31 Å². The number of hydrogen-bond donors (Lipinski definition) is 0. The third-order valence-electron chi connectivity index (χ3n) is 3.37. The first kappa shape index (κ1) is 14.4. The van der Waals surface area contributed by atoms with Crippen molar-refractivity contribution in [3.05, 3.63) is 60.2 Å². The molecule has 0 radical (unpaired) electrons. The summed E-state index contributed by atoms with van der Waals surface area (Å²) in [7, 11) is -4.88. The Morgan fingerprint density at radius 1 is 1.05 bits per heavy atom. The van der Waals surface area contributed by atoms with Gasteiger partial charge in [-0.15, -0.1) is 0 Å². The summed E-state index contributed by atoms with van der Waals surface area (Å²) in [5, 5.41) is -0.460. The van der Waals surface area contributed by atoms with Crippen molar-refractivity contribution >= 4 is 20.8 Å². The minimum atomic E-state index is -3.54. The largest absolute Gasteiger partial charge is 0.253 e. The molecule has 0 aromatic heterocycles. The van der Waals surface area contributed by atoms with E-state index in [-0.39, 0.29) is 4.90 Å².